The van der Waals surface area contributed by atoms with Crippen LogP contribution in [-0.4, -0.2) is 41.4 Å². The highest BCUT2D eigenvalue weighted by Crippen LogP contribution is 2.26. The molecule has 1 aliphatic rings. The molecule has 2 aromatic heterocycles. The molecule has 28 heavy (non-hydrogen) atoms. The number of aromatic nitrogens is 2. The van der Waals surface area contributed by atoms with E-state index in [1.54, 1.807) is 16.7 Å². The average molecular weight is 384 g/mol. The van der Waals surface area contributed by atoms with Crippen LogP contribution in [0.5, 0.6) is 0 Å². The topological polar surface area (TPSA) is 78.5 Å². The van der Waals surface area contributed by atoms with Gasteiger partial charge in [-0.1, -0.05) is 12.1 Å². The predicted octanol–water partition coefficient (Wildman–Crippen LogP) is 2.14. The quantitative estimate of drug-likeness (QED) is 0.603. The van der Waals surface area contributed by atoms with Crippen molar-refractivity contribution < 1.29 is 23.4 Å². The molecule has 146 valence electrons. The molecule has 3 heterocycles. The van der Waals surface area contributed by atoms with Crippen molar-refractivity contribution in [3.05, 3.63) is 59.8 Å². The molecule has 1 fully saturated rings. The summed E-state index contributed by atoms with van der Waals surface area (Å²) in [5.41, 5.74) is 1.74. The molecule has 1 aromatic carbocycles. The lowest BCUT2D eigenvalue weighted by Crippen LogP contribution is -2.55. The number of nitrogens with zero attached hydrogens (tertiary/aromatic N) is 1. The number of aliphatic hydroxyl groups is 1. The third kappa shape index (κ3) is 3.27. The van der Waals surface area contributed by atoms with E-state index in [2.05, 4.69) is 10.3 Å². The summed E-state index contributed by atoms with van der Waals surface area (Å²) in [5, 5.41) is 12.8. The number of halogens is 1. The number of aryl methyl sites for hydroxylation is 1. The van der Waals surface area contributed by atoms with Crippen LogP contribution < -0.4 is 9.72 Å². The second-order valence-corrected chi connectivity index (χ2v) is 7.29. The number of benzene rings is 1. The minimum atomic E-state index is -0.711. The Morgan fingerprint density at radius 3 is 2.82 bits per heavy atom. The van der Waals surface area contributed by atoms with Gasteiger partial charge in [0.1, 0.15) is 5.82 Å². The standard InChI is InChI=1S/C21H22FN3O3/c1-14-5-6-15(16(22)12-14)18-17-4-2-3-9-25(17)19(23-18)20(27)24-21(13-26)7-10-28-11-8-21/h2-6,9,12,26H,7-8,10-11,13H2,1H3,(H,24,27)/p+1. The van der Waals surface area contributed by atoms with Gasteiger partial charge in [0, 0.05) is 13.2 Å². The van der Waals surface area contributed by atoms with Gasteiger partial charge in [0.2, 0.25) is 0 Å². The molecule has 1 saturated heterocycles. The number of amides is 1. The van der Waals surface area contributed by atoms with Crippen LogP contribution in [0, 0.1) is 12.7 Å². The van der Waals surface area contributed by atoms with Gasteiger partial charge in [0.15, 0.2) is 11.2 Å². The number of H-pyrrole nitrogens is 1. The number of aliphatic hydroxyl groups excluding tert-OH is 1. The van der Waals surface area contributed by atoms with E-state index in [0.717, 1.165) is 5.56 Å². The van der Waals surface area contributed by atoms with Gasteiger partial charge in [-0.2, -0.15) is 4.40 Å². The highest BCUT2D eigenvalue weighted by Gasteiger charge is 2.37. The maximum Gasteiger partial charge on any atom is 0.351 e. The molecule has 1 aliphatic heterocycles. The third-order valence-electron chi connectivity index (χ3n) is 5.34. The number of carbonyl (C=O) groups excluding carboxylic acids is 1. The van der Waals surface area contributed by atoms with E-state index in [0.29, 0.717) is 42.8 Å². The lowest BCUT2D eigenvalue weighted by atomic mass is 9.91. The van der Waals surface area contributed by atoms with Gasteiger partial charge in [0.05, 0.1) is 23.9 Å². The summed E-state index contributed by atoms with van der Waals surface area (Å²) in [6.07, 6.45) is 2.84. The van der Waals surface area contributed by atoms with Crippen molar-refractivity contribution in [3.63, 3.8) is 0 Å². The van der Waals surface area contributed by atoms with Crippen molar-refractivity contribution in [2.75, 3.05) is 19.8 Å². The molecule has 6 nitrogen and oxygen atoms in total. The number of imidazole rings is 1. The molecular formula is C21H23FN3O3+. The van der Waals surface area contributed by atoms with Crippen molar-refractivity contribution in [2.45, 2.75) is 25.3 Å². The van der Waals surface area contributed by atoms with Crippen LogP contribution in [0.1, 0.15) is 29.0 Å². The van der Waals surface area contributed by atoms with Gasteiger partial charge in [0.25, 0.3) is 0 Å². The van der Waals surface area contributed by atoms with Crippen LogP contribution >= 0.6 is 0 Å². The number of pyridine rings is 1. The highest BCUT2D eigenvalue weighted by atomic mass is 19.1. The molecule has 0 radical (unpaired) electrons. The van der Waals surface area contributed by atoms with Crippen LogP contribution in [0.2, 0.25) is 0 Å². The van der Waals surface area contributed by atoms with Crippen molar-refractivity contribution in [2.24, 2.45) is 0 Å². The number of fused-ring (bicyclic) bond motifs is 1. The normalized spacial score (nSPS) is 16.2. The van der Waals surface area contributed by atoms with E-state index in [9.17, 15) is 14.3 Å². The molecule has 3 N–H and O–H groups in total. The summed E-state index contributed by atoms with van der Waals surface area (Å²) >= 11 is 0. The molecule has 0 bridgehead atoms. The van der Waals surface area contributed by atoms with E-state index < -0.39 is 5.54 Å². The molecule has 0 aliphatic carbocycles. The number of carbonyl (C=O) groups is 1. The first-order valence-electron chi connectivity index (χ1n) is 9.33. The van der Waals surface area contributed by atoms with E-state index in [1.165, 1.54) is 6.07 Å². The van der Waals surface area contributed by atoms with E-state index in [4.69, 9.17) is 4.74 Å². The second kappa shape index (κ2) is 7.33. The Bertz CT molecular complexity index is 1020. The number of aromatic amines is 1. The molecule has 0 saturated carbocycles. The lowest BCUT2D eigenvalue weighted by molar-refractivity contribution is -0.514. The number of ether oxygens (including phenoxy) is 1. The Labute approximate surface area is 162 Å². The minimum absolute atomic E-state index is 0.162. The summed E-state index contributed by atoms with van der Waals surface area (Å²) < 4.78 is 21.6. The summed E-state index contributed by atoms with van der Waals surface area (Å²) in [6.45, 7) is 2.64. The SMILES string of the molecule is Cc1ccc(-c2[nH]c(C(=O)NC3(CO)CCOCC3)[n+]3ccccc23)c(F)c1. The Morgan fingerprint density at radius 2 is 2.11 bits per heavy atom. The Kier molecular flexibility index (Phi) is 4.87. The van der Waals surface area contributed by atoms with Crippen LogP contribution in [-0.2, 0) is 4.74 Å². The van der Waals surface area contributed by atoms with E-state index >= 15 is 0 Å². The fourth-order valence-electron chi connectivity index (χ4n) is 3.66. The molecule has 0 atom stereocenters. The first kappa shape index (κ1) is 18.6. The van der Waals surface area contributed by atoms with Gasteiger partial charge < -0.3 is 15.2 Å². The molecule has 4 rings (SSSR count). The van der Waals surface area contributed by atoms with Crippen molar-refractivity contribution in [1.82, 2.24) is 10.3 Å². The molecule has 0 unspecified atom stereocenters. The Balaban J connectivity index is 1.77. The largest absolute Gasteiger partial charge is 0.394 e. The average Bonchev–Trinajstić information content (AvgIpc) is 3.08. The zero-order valence-electron chi connectivity index (χ0n) is 15.7. The first-order valence-corrected chi connectivity index (χ1v) is 9.33. The van der Waals surface area contributed by atoms with E-state index in [-0.39, 0.29) is 24.2 Å². The fraction of sp³-hybridized carbons (Fsp3) is 0.333. The van der Waals surface area contributed by atoms with Gasteiger partial charge >= 0.3 is 11.7 Å². The van der Waals surface area contributed by atoms with Gasteiger partial charge in [-0.3, -0.25) is 4.79 Å². The van der Waals surface area contributed by atoms with Crippen LogP contribution in [0.25, 0.3) is 16.8 Å². The van der Waals surface area contributed by atoms with Crippen LogP contribution in [0.15, 0.2) is 42.6 Å². The summed E-state index contributed by atoms with van der Waals surface area (Å²) in [5.74, 6) is -0.420. The Hall–Kier alpha value is -2.77. The Morgan fingerprint density at radius 1 is 1.32 bits per heavy atom. The third-order valence-corrected chi connectivity index (χ3v) is 5.34. The number of hydrogen-bond donors (Lipinski definition) is 3. The monoisotopic (exact) mass is 384 g/mol. The maximum atomic E-state index is 14.6. The molecular weight excluding hydrogens is 361 g/mol. The van der Waals surface area contributed by atoms with Crippen LogP contribution in [0.3, 0.4) is 0 Å². The molecule has 1 amide bonds. The van der Waals surface area contributed by atoms with Crippen molar-refractivity contribution >= 4 is 11.4 Å². The van der Waals surface area contributed by atoms with Crippen LogP contribution in [0.4, 0.5) is 4.39 Å². The number of nitrogens with one attached hydrogen (secondary N) is 2. The van der Waals surface area contributed by atoms with Gasteiger partial charge in [-0.25, -0.2) is 9.37 Å². The maximum absolute atomic E-state index is 14.6. The smallest absolute Gasteiger partial charge is 0.351 e. The zero-order chi connectivity index (χ0) is 19.7. The summed E-state index contributed by atoms with van der Waals surface area (Å²) in [7, 11) is 0. The second-order valence-electron chi connectivity index (χ2n) is 7.29. The number of hydrogen-bond acceptors (Lipinski definition) is 3. The lowest BCUT2D eigenvalue weighted by Gasteiger charge is -2.35. The number of rotatable bonds is 4. The van der Waals surface area contributed by atoms with Gasteiger partial charge in [-0.05, 0) is 49.6 Å². The van der Waals surface area contributed by atoms with Gasteiger partial charge in [-0.15, -0.1) is 0 Å². The summed E-state index contributed by atoms with van der Waals surface area (Å²) in [4.78, 5) is 16.2. The van der Waals surface area contributed by atoms with E-state index in [1.807, 2.05) is 31.2 Å². The highest BCUT2D eigenvalue weighted by molar-refractivity contribution is 5.92. The molecule has 7 heteroatoms. The predicted molar refractivity (Wildman–Crippen MR) is 101 cm³/mol. The fourth-order valence-corrected chi connectivity index (χ4v) is 3.66. The minimum Gasteiger partial charge on any atom is -0.394 e. The summed E-state index contributed by atoms with van der Waals surface area (Å²) in [6, 6.07) is 10.5. The zero-order valence-corrected chi connectivity index (χ0v) is 15.7. The van der Waals surface area contributed by atoms with Crippen molar-refractivity contribution in [3.8, 4) is 11.3 Å². The molecule has 0 spiro atoms. The van der Waals surface area contributed by atoms with Crippen molar-refractivity contribution in [1.29, 1.82) is 0 Å². The first-order chi connectivity index (χ1) is 13.5. The molecule has 3 aromatic rings.